The van der Waals surface area contributed by atoms with Crippen LogP contribution in [0.3, 0.4) is 0 Å². The van der Waals surface area contributed by atoms with Gasteiger partial charge >= 0.3 is 0 Å². The van der Waals surface area contributed by atoms with Gasteiger partial charge in [0.05, 0.1) is 12.4 Å². The van der Waals surface area contributed by atoms with Crippen molar-refractivity contribution in [1.82, 2.24) is 19.9 Å². The molecule has 0 unspecified atom stereocenters. The lowest BCUT2D eigenvalue weighted by Crippen LogP contribution is -2.17. The van der Waals surface area contributed by atoms with Gasteiger partial charge in [-0.05, 0) is 19.3 Å². The van der Waals surface area contributed by atoms with Crippen LogP contribution >= 0.6 is 0 Å². The van der Waals surface area contributed by atoms with E-state index in [1.54, 1.807) is 6.33 Å². The molecule has 0 bridgehead atoms. The number of hydrogen-bond acceptors (Lipinski definition) is 5. The predicted octanol–water partition coefficient (Wildman–Crippen LogP) is 0.678. The van der Waals surface area contributed by atoms with Gasteiger partial charge in [-0.1, -0.05) is 0 Å². The molecule has 1 saturated carbocycles. The fourth-order valence-electron chi connectivity index (χ4n) is 2.16. The fraction of sp³-hybridized carbons (Fsp3) is 0.500. The molecule has 2 heterocycles. The van der Waals surface area contributed by atoms with Gasteiger partial charge in [0, 0.05) is 6.04 Å². The number of aromatic nitrogens is 4. The maximum atomic E-state index is 9.46. The van der Waals surface area contributed by atoms with Gasteiger partial charge in [-0.2, -0.15) is 0 Å². The summed E-state index contributed by atoms with van der Waals surface area (Å²) in [7, 11) is 0. The Morgan fingerprint density at radius 2 is 2.25 bits per heavy atom. The molecule has 0 aromatic carbocycles. The Morgan fingerprint density at radius 1 is 1.31 bits per heavy atom. The number of H-pyrrole nitrogens is 1. The van der Waals surface area contributed by atoms with Gasteiger partial charge in [0.15, 0.2) is 11.5 Å². The van der Waals surface area contributed by atoms with Crippen LogP contribution in [0.1, 0.15) is 19.3 Å². The second-order valence-corrected chi connectivity index (χ2v) is 4.13. The topological polar surface area (TPSA) is 86.7 Å². The van der Waals surface area contributed by atoms with Gasteiger partial charge in [0.1, 0.15) is 11.8 Å². The number of imidazole rings is 1. The average Bonchev–Trinajstić information content (AvgIpc) is 2.87. The lowest BCUT2D eigenvalue weighted by Gasteiger charge is -2.12. The summed E-state index contributed by atoms with van der Waals surface area (Å²) in [5.41, 5.74) is 1.49. The monoisotopic (exact) mass is 219 g/mol. The highest BCUT2D eigenvalue weighted by Crippen LogP contribution is 2.24. The molecule has 16 heavy (non-hydrogen) atoms. The number of fused-ring (bicyclic) bond motifs is 1. The van der Waals surface area contributed by atoms with E-state index in [4.69, 9.17) is 0 Å². The summed E-state index contributed by atoms with van der Waals surface area (Å²) in [6, 6.07) is 0.288. The number of aromatic amines is 1. The highest BCUT2D eigenvalue weighted by Gasteiger charge is 2.23. The molecule has 2 aromatic heterocycles. The molecule has 2 atom stereocenters. The van der Waals surface area contributed by atoms with Crippen LogP contribution in [-0.4, -0.2) is 37.2 Å². The number of anilines is 1. The summed E-state index contributed by atoms with van der Waals surface area (Å²) in [5, 5.41) is 12.8. The van der Waals surface area contributed by atoms with Gasteiger partial charge in [0.25, 0.3) is 0 Å². The third kappa shape index (κ3) is 1.61. The second-order valence-electron chi connectivity index (χ2n) is 4.13. The van der Waals surface area contributed by atoms with Crippen LogP contribution in [-0.2, 0) is 0 Å². The molecule has 0 spiro atoms. The summed E-state index contributed by atoms with van der Waals surface area (Å²) in [6.45, 7) is 0. The molecule has 0 aliphatic heterocycles. The van der Waals surface area contributed by atoms with E-state index >= 15 is 0 Å². The molecule has 0 radical (unpaired) electrons. The minimum Gasteiger partial charge on any atom is -0.393 e. The third-order valence-corrected chi connectivity index (χ3v) is 2.97. The van der Waals surface area contributed by atoms with Crippen LogP contribution in [0.25, 0.3) is 11.2 Å². The molecule has 3 N–H and O–H groups in total. The molecule has 1 aliphatic carbocycles. The summed E-state index contributed by atoms with van der Waals surface area (Å²) in [6.07, 6.45) is 5.52. The summed E-state index contributed by atoms with van der Waals surface area (Å²) in [4.78, 5) is 15.3. The van der Waals surface area contributed by atoms with Gasteiger partial charge in [-0.25, -0.2) is 15.0 Å². The van der Waals surface area contributed by atoms with Crippen molar-refractivity contribution in [2.75, 3.05) is 5.32 Å². The van der Waals surface area contributed by atoms with Gasteiger partial charge in [0.2, 0.25) is 0 Å². The van der Waals surface area contributed by atoms with Gasteiger partial charge in [-0.15, -0.1) is 0 Å². The van der Waals surface area contributed by atoms with Crippen molar-refractivity contribution in [3.8, 4) is 0 Å². The first-order valence-corrected chi connectivity index (χ1v) is 5.41. The number of nitrogens with one attached hydrogen (secondary N) is 2. The summed E-state index contributed by atoms with van der Waals surface area (Å²) < 4.78 is 0. The van der Waals surface area contributed by atoms with E-state index in [2.05, 4.69) is 25.3 Å². The largest absolute Gasteiger partial charge is 0.393 e. The van der Waals surface area contributed by atoms with Crippen LogP contribution in [0.4, 0.5) is 5.82 Å². The Hall–Kier alpha value is -1.69. The SMILES string of the molecule is O[C@@H]1CC[C@@H](Nc2ncnc3nc[nH]c23)C1. The molecule has 0 amide bonds. The number of hydrogen-bond donors (Lipinski definition) is 3. The Bertz CT molecular complexity index is 497. The summed E-state index contributed by atoms with van der Waals surface area (Å²) >= 11 is 0. The zero-order valence-electron chi connectivity index (χ0n) is 8.72. The predicted molar refractivity (Wildman–Crippen MR) is 59.0 cm³/mol. The van der Waals surface area contributed by atoms with Crippen molar-refractivity contribution in [1.29, 1.82) is 0 Å². The molecule has 3 rings (SSSR count). The lowest BCUT2D eigenvalue weighted by atomic mass is 10.2. The minimum absolute atomic E-state index is 0.184. The lowest BCUT2D eigenvalue weighted by molar-refractivity contribution is 0.182. The van der Waals surface area contributed by atoms with Crippen LogP contribution in [0.2, 0.25) is 0 Å². The first-order chi connectivity index (χ1) is 7.83. The van der Waals surface area contributed by atoms with E-state index in [0.29, 0.717) is 5.65 Å². The number of rotatable bonds is 2. The quantitative estimate of drug-likeness (QED) is 0.691. The van der Waals surface area contributed by atoms with Crippen molar-refractivity contribution in [2.45, 2.75) is 31.4 Å². The zero-order chi connectivity index (χ0) is 11.0. The number of aliphatic hydroxyl groups is 1. The molecule has 2 aromatic rings. The van der Waals surface area contributed by atoms with Gasteiger partial charge < -0.3 is 15.4 Å². The zero-order valence-corrected chi connectivity index (χ0v) is 8.72. The van der Waals surface area contributed by atoms with Crippen LogP contribution in [0, 0.1) is 0 Å². The maximum Gasteiger partial charge on any atom is 0.182 e. The van der Waals surface area contributed by atoms with E-state index in [1.165, 1.54) is 6.33 Å². The second kappa shape index (κ2) is 3.71. The fourth-order valence-corrected chi connectivity index (χ4v) is 2.16. The first kappa shape index (κ1) is 9.53. The van der Waals surface area contributed by atoms with E-state index < -0.39 is 0 Å². The first-order valence-electron chi connectivity index (χ1n) is 5.41. The van der Waals surface area contributed by atoms with E-state index in [1.807, 2.05) is 0 Å². The van der Waals surface area contributed by atoms with Crippen molar-refractivity contribution < 1.29 is 5.11 Å². The number of aliphatic hydroxyl groups excluding tert-OH is 1. The molecule has 0 saturated heterocycles. The minimum atomic E-state index is -0.184. The average molecular weight is 219 g/mol. The van der Waals surface area contributed by atoms with Crippen LogP contribution < -0.4 is 5.32 Å². The Morgan fingerprint density at radius 3 is 3.06 bits per heavy atom. The highest BCUT2D eigenvalue weighted by atomic mass is 16.3. The van der Waals surface area contributed by atoms with Crippen molar-refractivity contribution in [3.05, 3.63) is 12.7 Å². The van der Waals surface area contributed by atoms with Crippen molar-refractivity contribution in [2.24, 2.45) is 0 Å². The molecule has 1 fully saturated rings. The highest BCUT2D eigenvalue weighted by molar-refractivity contribution is 5.82. The third-order valence-electron chi connectivity index (χ3n) is 2.97. The Labute approximate surface area is 92.1 Å². The molecule has 6 heteroatoms. The van der Waals surface area contributed by atoms with E-state index in [0.717, 1.165) is 30.6 Å². The van der Waals surface area contributed by atoms with Crippen LogP contribution in [0.15, 0.2) is 12.7 Å². The Kier molecular flexibility index (Phi) is 2.21. The normalized spacial score (nSPS) is 25.1. The van der Waals surface area contributed by atoms with Gasteiger partial charge in [-0.3, -0.25) is 0 Å². The Balaban J connectivity index is 1.86. The molecular weight excluding hydrogens is 206 g/mol. The molecular formula is C10H13N5O. The molecule has 6 nitrogen and oxygen atoms in total. The maximum absolute atomic E-state index is 9.46. The van der Waals surface area contributed by atoms with Crippen molar-refractivity contribution in [3.63, 3.8) is 0 Å². The number of nitrogens with zero attached hydrogens (tertiary/aromatic N) is 3. The summed E-state index contributed by atoms with van der Waals surface area (Å²) in [5.74, 6) is 0.765. The van der Waals surface area contributed by atoms with Crippen LogP contribution in [0.5, 0.6) is 0 Å². The van der Waals surface area contributed by atoms with E-state index in [9.17, 15) is 5.11 Å². The van der Waals surface area contributed by atoms with E-state index in [-0.39, 0.29) is 12.1 Å². The molecule has 84 valence electrons. The molecule has 1 aliphatic rings. The standard InChI is InChI=1S/C10H13N5O/c16-7-2-1-6(3-7)15-10-8-9(12-4-11-8)13-5-14-10/h4-7,16H,1-3H2,(H2,11,12,13,14,15)/t6-,7-/m1/s1. The smallest absolute Gasteiger partial charge is 0.182 e. The van der Waals surface area contributed by atoms with Crippen molar-refractivity contribution >= 4 is 17.0 Å².